The van der Waals surface area contributed by atoms with Crippen molar-refractivity contribution in [2.45, 2.75) is 0 Å². The molecule has 1 aromatic heterocycles. The second-order valence-electron chi connectivity index (χ2n) is 3.72. The number of carbonyl (C=O) groups is 1. The summed E-state index contributed by atoms with van der Waals surface area (Å²) >= 11 is 0. The standard InChI is InChI=1S/C12H7F2N3O3/c13-8-5-4-7(6-10(8)17(19)20)15-12(18)9-2-1-3-11(14)16-9/h1-6H,(H,15,18). The van der Waals surface area contributed by atoms with E-state index in [4.69, 9.17) is 0 Å². The first-order chi connectivity index (χ1) is 9.47. The van der Waals surface area contributed by atoms with Crippen LogP contribution in [0.3, 0.4) is 0 Å². The molecule has 0 saturated heterocycles. The summed E-state index contributed by atoms with van der Waals surface area (Å²) in [6.07, 6.45) is 0. The molecule has 0 spiro atoms. The van der Waals surface area contributed by atoms with E-state index in [1.165, 1.54) is 12.1 Å². The van der Waals surface area contributed by atoms with Crippen LogP contribution in [0.2, 0.25) is 0 Å². The molecule has 0 aliphatic carbocycles. The van der Waals surface area contributed by atoms with E-state index >= 15 is 0 Å². The van der Waals surface area contributed by atoms with Crippen molar-refractivity contribution >= 4 is 17.3 Å². The van der Waals surface area contributed by atoms with E-state index < -0.39 is 28.3 Å². The number of hydrogen-bond acceptors (Lipinski definition) is 4. The first kappa shape index (κ1) is 13.5. The summed E-state index contributed by atoms with van der Waals surface area (Å²) < 4.78 is 26.0. The molecule has 6 nitrogen and oxygen atoms in total. The molecule has 102 valence electrons. The van der Waals surface area contributed by atoms with Crippen molar-refractivity contribution in [3.63, 3.8) is 0 Å². The van der Waals surface area contributed by atoms with E-state index in [0.717, 1.165) is 24.3 Å². The molecule has 0 bridgehead atoms. The lowest BCUT2D eigenvalue weighted by atomic mass is 10.2. The van der Waals surface area contributed by atoms with Gasteiger partial charge in [-0.2, -0.15) is 8.78 Å². The van der Waals surface area contributed by atoms with Crippen LogP contribution in [0.25, 0.3) is 0 Å². The first-order valence-corrected chi connectivity index (χ1v) is 5.35. The highest BCUT2D eigenvalue weighted by Gasteiger charge is 2.16. The van der Waals surface area contributed by atoms with E-state index in [-0.39, 0.29) is 11.4 Å². The quantitative estimate of drug-likeness (QED) is 0.531. The summed E-state index contributed by atoms with van der Waals surface area (Å²) in [6, 6.07) is 6.51. The number of nitro groups is 1. The van der Waals surface area contributed by atoms with Crippen LogP contribution in [0, 0.1) is 21.9 Å². The van der Waals surface area contributed by atoms with Gasteiger partial charge in [-0.3, -0.25) is 14.9 Å². The van der Waals surface area contributed by atoms with Gasteiger partial charge in [0.25, 0.3) is 5.91 Å². The van der Waals surface area contributed by atoms with Crippen molar-refractivity contribution in [2.24, 2.45) is 0 Å². The fraction of sp³-hybridized carbons (Fsp3) is 0. The minimum absolute atomic E-state index is 0.00848. The van der Waals surface area contributed by atoms with Gasteiger partial charge in [0.1, 0.15) is 5.69 Å². The minimum atomic E-state index is -1.02. The Labute approximate surface area is 111 Å². The Hall–Kier alpha value is -2.90. The molecule has 1 aromatic carbocycles. The molecule has 2 aromatic rings. The number of amides is 1. The molecule has 0 unspecified atom stereocenters. The number of nitrogens with one attached hydrogen (secondary N) is 1. The first-order valence-electron chi connectivity index (χ1n) is 5.35. The molecule has 0 saturated carbocycles. The number of aromatic nitrogens is 1. The number of hydrogen-bond donors (Lipinski definition) is 1. The van der Waals surface area contributed by atoms with Crippen LogP contribution in [0.4, 0.5) is 20.2 Å². The van der Waals surface area contributed by atoms with Crippen LogP contribution in [0.15, 0.2) is 36.4 Å². The fourth-order valence-electron chi connectivity index (χ4n) is 1.46. The summed E-state index contributed by atoms with van der Waals surface area (Å²) in [6.45, 7) is 0. The Morgan fingerprint density at radius 2 is 2.00 bits per heavy atom. The van der Waals surface area contributed by atoms with Crippen molar-refractivity contribution in [1.82, 2.24) is 4.98 Å². The number of nitrogens with zero attached hydrogens (tertiary/aromatic N) is 2. The third-order valence-corrected chi connectivity index (χ3v) is 2.35. The maximum Gasteiger partial charge on any atom is 0.306 e. The SMILES string of the molecule is O=C(Nc1ccc(F)c([N+](=O)[O-])c1)c1cccc(F)n1. The average molecular weight is 279 g/mol. The van der Waals surface area contributed by atoms with E-state index in [9.17, 15) is 23.7 Å². The molecule has 1 amide bonds. The lowest BCUT2D eigenvalue weighted by molar-refractivity contribution is -0.387. The Morgan fingerprint density at radius 3 is 2.65 bits per heavy atom. The van der Waals surface area contributed by atoms with Gasteiger partial charge in [-0.25, -0.2) is 4.98 Å². The predicted molar refractivity (Wildman–Crippen MR) is 65.2 cm³/mol. The van der Waals surface area contributed by atoms with Gasteiger partial charge in [-0.1, -0.05) is 6.07 Å². The zero-order valence-corrected chi connectivity index (χ0v) is 9.84. The van der Waals surface area contributed by atoms with Crippen molar-refractivity contribution in [3.05, 3.63) is 64.0 Å². The topological polar surface area (TPSA) is 85.1 Å². The fourth-order valence-corrected chi connectivity index (χ4v) is 1.46. The molecule has 0 aliphatic heterocycles. The van der Waals surface area contributed by atoms with Gasteiger partial charge in [-0.15, -0.1) is 0 Å². The molecule has 0 radical (unpaired) electrons. The molecule has 1 N–H and O–H groups in total. The summed E-state index contributed by atoms with van der Waals surface area (Å²) in [5.74, 6) is -2.61. The number of pyridine rings is 1. The van der Waals surface area contributed by atoms with Crippen LogP contribution in [-0.4, -0.2) is 15.8 Å². The van der Waals surface area contributed by atoms with E-state index in [2.05, 4.69) is 10.3 Å². The van der Waals surface area contributed by atoms with E-state index in [1.54, 1.807) is 0 Å². The number of benzene rings is 1. The highest BCUT2D eigenvalue weighted by Crippen LogP contribution is 2.21. The second kappa shape index (κ2) is 5.39. The van der Waals surface area contributed by atoms with Crippen molar-refractivity contribution in [3.8, 4) is 0 Å². The van der Waals surface area contributed by atoms with Crippen molar-refractivity contribution in [1.29, 1.82) is 0 Å². The molecule has 20 heavy (non-hydrogen) atoms. The summed E-state index contributed by atoms with van der Waals surface area (Å²) in [5, 5.41) is 12.8. The van der Waals surface area contributed by atoms with Gasteiger partial charge in [-0.05, 0) is 24.3 Å². The monoisotopic (exact) mass is 279 g/mol. The Bertz CT molecular complexity index is 691. The molecule has 0 aliphatic rings. The van der Waals surface area contributed by atoms with Gasteiger partial charge < -0.3 is 5.32 Å². The Morgan fingerprint density at radius 1 is 1.25 bits per heavy atom. The third-order valence-electron chi connectivity index (χ3n) is 2.35. The molecule has 1 heterocycles. The number of anilines is 1. The number of nitro benzene ring substituents is 1. The Kier molecular flexibility index (Phi) is 3.65. The predicted octanol–water partition coefficient (Wildman–Crippen LogP) is 2.52. The number of rotatable bonds is 3. The molecular weight excluding hydrogens is 272 g/mol. The molecule has 0 atom stereocenters. The van der Waals surface area contributed by atoms with Crippen LogP contribution in [0.5, 0.6) is 0 Å². The Balaban J connectivity index is 2.24. The smallest absolute Gasteiger partial charge is 0.306 e. The van der Waals surface area contributed by atoms with Gasteiger partial charge in [0.15, 0.2) is 0 Å². The molecule has 8 heteroatoms. The summed E-state index contributed by atoms with van der Waals surface area (Å²) in [7, 11) is 0. The van der Waals surface area contributed by atoms with Crippen LogP contribution in [0.1, 0.15) is 10.5 Å². The third kappa shape index (κ3) is 2.91. The second-order valence-corrected chi connectivity index (χ2v) is 3.72. The normalized spacial score (nSPS) is 10.1. The van der Waals surface area contributed by atoms with Crippen LogP contribution in [-0.2, 0) is 0 Å². The minimum Gasteiger partial charge on any atom is -0.320 e. The highest BCUT2D eigenvalue weighted by atomic mass is 19.1. The largest absolute Gasteiger partial charge is 0.320 e. The van der Waals surface area contributed by atoms with Crippen molar-refractivity contribution in [2.75, 3.05) is 5.32 Å². The maximum atomic E-state index is 13.1. The van der Waals surface area contributed by atoms with Gasteiger partial charge in [0.2, 0.25) is 11.8 Å². The number of halogens is 2. The number of carbonyl (C=O) groups excluding carboxylic acids is 1. The summed E-state index contributed by atoms with van der Waals surface area (Å²) in [5.41, 5.74) is -0.957. The van der Waals surface area contributed by atoms with Gasteiger partial charge in [0, 0.05) is 11.8 Å². The zero-order chi connectivity index (χ0) is 14.7. The van der Waals surface area contributed by atoms with Crippen molar-refractivity contribution < 1.29 is 18.5 Å². The van der Waals surface area contributed by atoms with E-state index in [1.807, 2.05) is 0 Å². The molecular formula is C12H7F2N3O3. The molecule has 0 fully saturated rings. The van der Waals surface area contributed by atoms with Crippen LogP contribution < -0.4 is 5.32 Å². The van der Waals surface area contributed by atoms with Gasteiger partial charge in [0.05, 0.1) is 4.92 Å². The highest BCUT2D eigenvalue weighted by molar-refractivity contribution is 6.02. The van der Waals surface area contributed by atoms with Crippen LogP contribution >= 0.6 is 0 Å². The zero-order valence-electron chi connectivity index (χ0n) is 9.84. The lowest BCUT2D eigenvalue weighted by Gasteiger charge is -2.04. The lowest BCUT2D eigenvalue weighted by Crippen LogP contribution is -2.14. The summed E-state index contributed by atoms with van der Waals surface area (Å²) in [4.78, 5) is 24.7. The average Bonchev–Trinajstić information content (AvgIpc) is 2.40. The molecule has 2 rings (SSSR count). The van der Waals surface area contributed by atoms with Gasteiger partial charge >= 0.3 is 5.69 Å². The van der Waals surface area contributed by atoms with E-state index in [0.29, 0.717) is 0 Å². The maximum absolute atomic E-state index is 13.1.